The van der Waals surface area contributed by atoms with Crippen molar-refractivity contribution < 1.29 is 0 Å². The second kappa shape index (κ2) is 5.34. The first-order chi connectivity index (χ1) is 8.28. The molecule has 0 aliphatic carbocycles. The van der Waals surface area contributed by atoms with E-state index in [1.165, 1.54) is 0 Å². The second-order valence-electron chi connectivity index (χ2n) is 3.77. The number of aryl methyl sites for hydroxylation is 1. The SMILES string of the molecule is CCNc1cccc(NCc2ccn(C)n2)n1. The molecule has 0 spiro atoms. The maximum atomic E-state index is 4.43. The van der Waals surface area contributed by atoms with Crippen LogP contribution in [0.3, 0.4) is 0 Å². The monoisotopic (exact) mass is 231 g/mol. The molecule has 2 rings (SSSR count). The molecule has 2 N–H and O–H groups in total. The molecule has 0 bridgehead atoms. The quantitative estimate of drug-likeness (QED) is 0.824. The summed E-state index contributed by atoms with van der Waals surface area (Å²) >= 11 is 0. The molecule has 2 heterocycles. The summed E-state index contributed by atoms with van der Waals surface area (Å²) in [7, 11) is 1.91. The number of hydrogen-bond acceptors (Lipinski definition) is 4. The molecule has 5 heteroatoms. The highest BCUT2D eigenvalue weighted by Gasteiger charge is 1.99. The number of nitrogens with zero attached hydrogens (tertiary/aromatic N) is 3. The van der Waals surface area contributed by atoms with Gasteiger partial charge < -0.3 is 10.6 Å². The van der Waals surface area contributed by atoms with Gasteiger partial charge in [-0.3, -0.25) is 4.68 Å². The predicted octanol–water partition coefficient (Wildman–Crippen LogP) is 1.86. The molecular formula is C12H17N5. The Hall–Kier alpha value is -2.04. The fourth-order valence-electron chi connectivity index (χ4n) is 1.55. The van der Waals surface area contributed by atoms with Crippen LogP contribution in [0.15, 0.2) is 30.5 Å². The highest BCUT2D eigenvalue weighted by molar-refractivity contribution is 5.45. The Morgan fingerprint density at radius 2 is 1.94 bits per heavy atom. The first kappa shape index (κ1) is 11.4. The zero-order chi connectivity index (χ0) is 12.1. The van der Waals surface area contributed by atoms with E-state index in [-0.39, 0.29) is 0 Å². The largest absolute Gasteiger partial charge is 0.370 e. The van der Waals surface area contributed by atoms with E-state index >= 15 is 0 Å². The fraction of sp³-hybridized carbons (Fsp3) is 0.333. The molecule has 0 saturated heterocycles. The Balaban J connectivity index is 1.96. The van der Waals surface area contributed by atoms with E-state index in [0.29, 0.717) is 6.54 Å². The van der Waals surface area contributed by atoms with E-state index in [9.17, 15) is 0 Å². The average Bonchev–Trinajstić information content (AvgIpc) is 2.74. The van der Waals surface area contributed by atoms with E-state index in [0.717, 1.165) is 23.9 Å². The predicted molar refractivity (Wildman–Crippen MR) is 68.9 cm³/mol. The molecule has 0 aliphatic heterocycles. The van der Waals surface area contributed by atoms with Gasteiger partial charge in [-0.25, -0.2) is 4.98 Å². The second-order valence-corrected chi connectivity index (χ2v) is 3.77. The Labute approximate surface area is 101 Å². The molecule has 0 atom stereocenters. The van der Waals surface area contributed by atoms with Gasteiger partial charge in [-0.2, -0.15) is 5.10 Å². The van der Waals surface area contributed by atoms with Crippen molar-refractivity contribution in [1.82, 2.24) is 14.8 Å². The number of rotatable bonds is 5. The van der Waals surface area contributed by atoms with Crippen molar-refractivity contribution in [2.45, 2.75) is 13.5 Å². The number of hydrogen-bond donors (Lipinski definition) is 2. The zero-order valence-corrected chi connectivity index (χ0v) is 10.1. The Morgan fingerprint density at radius 3 is 2.59 bits per heavy atom. The number of anilines is 2. The third kappa shape index (κ3) is 3.21. The van der Waals surface area contributed by atoms with Crippen LogP contribution in [-0.4, -0.2) is 21.3 Å². The van der Waals surface area contributed by atoms with Gasteiger partial charge in [-0.1, -0.05) is 6.07 Å². The molecule has 0 aromatic carbocycles. The number of nitrogens with one attached hydrogen (secondary N) is 2. The summed E-state index contributed by atoms with van der Waals surface area (Å²) in [4.78, 5) is 4.43. The van der Waals surface area contributed by atoms with Crippen molar-refractivity contribution in [3.8, 4) is 0 Å². The van der Waals surface area contributed by atoms with E-state index in [4.69, 9.17) is 0 Å². The molecule has 0 fully saturated rings. The maximum absolute atomic E-state index is 4.43. The highest BCUT2D eigenvalue weighted by atomic mass is 15.3. The van der Waals surface area contributed by atoms with Gasteiger partial charge >= 0.3 is 0 Å². The normalized spacial score (nSPS) is 10.2. The molecule has 17 heavy (non-hydrogen) atoms. The lowest BCUT2D eigenvalue weighted by Crippen LogP contribution is -2.05. The molecule has 0 radical (unpaired) electrons. The van der Waals surface area contributed by atoms with Gasteiger partial charge in [0.25, 0.3) is 0 Å². The molecule has 0 aliphatic rings. The minimum Gasteiger partial charge on any atom is -0.370 e. The van der Waals surface area contributed by atoms with Crippen molar-refractivity contribution >= 4 is 11.6 Å². The van der Waals surface area contributed by atoms with Crippen molar-refractivity contribution in [2.75, 3.05) is 17.2 Å². The lowest BCUT2D eigenvalue weighted by Gasteiger charge is -2.06. The van der Waals surface area contributed by atoms with Crippen LogP contribution in [0.1, 0.15) is 12.6 Å². The summed E-state index contributed by atoms with van der Waals surface area (Å²) in [5.41, 5.74) is 1.00. The standard InChI is InChI=1S/C12H17N5/c1-3-13-11-5-4-6-12(15-11)14-9-10-7-8-17(2)16-10/h4-8H,3,9H2,1-2H3,(H2,13,14,15). The minimum atomic E-state index is 0.684. The molecule has 2 aromatic rings. The average molecular weight is 231 g/mol. The zero-order valence-electron chi connectivity index (χ0n) is 10.1. The lowest BCUT2D eigenvalue weighted by molar-refractivity contribution is 0.747. The smallest absolute Gasteiger partial charge is 0.128 e. The Kier molecular flexibility index (Phi) is 3.59. The van der Waals surface area contributed by atoms with Crippen molar-refractivity contribution in [1.29, 1.82) is 0 Å². The topological polar surface area (TPSA) is 54.8 Å². The van der Waals surface area contributed by atoms with Crippen molar-refractivity contribution in [2.24, 2.45) is 7.05 Å². The van der Waals surface area contributed by atoms with Crippen LogP contribution in [0, 0.1) is 0 Å². The minimum absolute atomic E-state index is 0.684. The van der Waals surface area contributed by atoms with Crippen LogP contribution in [0.2, 0.25) is 0 Å². The highest BCUT2D eigenvalue weighted by Crippen LogP contribution is 2.09. The summed E-state index contributed by atoms with van der Waals surface area (Å²) in [6, 6.07) is 7.87. The van der Waals surface area contributed by atoms with Crippen LogP contribution in [0.25, 0.3) is 0 Å². The lowest BCUT2D eigenvalue weighted by atomic mass is 10.4. The molecule has 2 aromatic heterocycles. The van der Waals surface area contributed by atoms with Crippen LogP contribution in [0.5, 0.6) is 0 Å². The first-order valence-corrected chi connectivity index (χ1v) is 5.71. The summed E-state index contributed by atoms with van der Waals surface area (Å²) in [5, 5.41) is 10.7. The first-order valence-electron chi connectivity index (χ1n) is 5.71. The van der Waals surface area contributed by atoms with E-state index in [2.05, 4.69) is 27.6 Å². The number of aromatic nitrogens is 3. The van der Waals surface area contributed by atoms with Crippen LogP contribution >= 0.6 is 0 Å². The van der Waals surface area contributed by atoms with Crippen LogP contribution in [0.4, 0.5) is 11.6 Å². The van der Waals surface area contributed by atoms with Gasteiger partial charge in [-0.15, -0.1) is 0 Å². The van der Waals surface area contributed by atoms with Gasteiger partial charge in [0.05, 0.1) is 12.2 Å². The summed E-state index contributed by atoms with van der Waals surface area (Å²) in [6.07, 6.45) is 1.93. The molecule has 5 nitrogen and oxygen atoms in total. The van der Waals surface area contributed by atoms with Crippen LogP contribution < -0.4 is 10.6 Å². The Bertz CT molecular complexity index is 477. The van der Waals surface area contributed by atoms with Crippen molar-refractivity contribution in [3.63, 3.8) is 0 Å². The molecule has 0 unspecified atom stereocenters. The molecule has 0 amide bonds. The summed E-state index contributed by atoms with van der Waals surface area (Å²) < 4.78 is 1.79. The fourth-order valence-corrected chi connectivity index (χ4v) is 1.55. The summed E-state index contributed by atoms with van der Waals surface area (Å²) in [6.45, 7) is 3.61. The third-order valence-corrected chi connectivity index (χ3v) is 2.33. The molecular weight excluding hydrogens is 214 g/mol. The Morgan fingerprint density at radius 1 is 1.18 bits per heavy atom. The van der Waals surface area contributed by atoms with Gasteiger partial charge in [0.2, 0.25) is 0 Å². The van der Waals surface area contributed by atoms with Gasteiger partial charge in [0.1, 0.15) is 11.6 Å². The van der Waals surface area contributed by atoms with E-state index in [1.54, 1.807) is 4.68 Å². The van der Waals surface area contributed by atoms with Gasteiger partial charge in [0, 0.05) is 19.8 Å². The van der Waals surface area contributed by atoms with Gasteiger partial charge in [0.15, 0.2) is 0 Å². The third-order valence-electron chi connectivity index (χ3n) is 2.33. The maximum Gasteiger partial charge on any atom is 0.128 e. The van der Waals surface area contributed by atoms with Crippen LogP contribution in [-0.2, 0) is 13.6 Å². The van der Waals surface area contributed by atoms with E-state index in [1.807, 2.05) is 37.5 Å². The van der Waals surface area contributed by atoms with Gasteiger partial charge in [-0.05, 0) is 25.1 Å². The molecule has 90 valence electrons. The van der Waals surface area contributed by atoms with Crippen molar-refractivity contribution in [3.05, 3.63) is 36.2 Å². The number of pyridine rings is 1. The molecule has 0 saturated carbocycles. The van der Waals surface area contributed by atoms with E-state index < -0.39 is 0 Å². The summed E-state index contributed by atoms with van der Waals surface area (Å²) in [5.74, 6) is 1.74.